The third-order valence-corrected chi connectivity index (χ3v) is 24.1. The zero-order valence-corrected chi connectivity index (χ0v) is 65.7. The van der Waals surface area contributed by atoms with E-state index < -0.39 is 235 Å². The average molecular weight is 1540 g/mol. The van der Waals surface area contributed by atoms with Crippen LogP contribution in [0.4, 0.5) is 35.1 Å². The molecule has 0 aromatic rings. The van der Waals surface area contributed by atoms with Gasteiger partial charge < -0.3 is 60.0 Å². The summed E-state index contributed by atoms with van der Waals surface area (Å²) in [4.78, 5) is 192. The summed E-state index contributed by atoms with van der Waals surface area (Å²) in [5.74, 6) is -17.2. The van der Waals surface area contributed by atoms with E-state index in [1.165, 1.54) is 80.9 Å². The lowest BCUT2D eigenvalue weighted by Crippen LogP contribution is -2.71. The highest BCUT2D eigenvalue weighted by Gasteiger charge is 2.60. The van der Waals surface area contributed by atoms with Crippen LogP contribution in [-0.4, -0.2) is 276 Å². The van der Waals surface area contributed by atoms with Crippen molar-refractivity contribution in [3.8, 4) is 0 Å². The summed E-state index contributed by atoms with van der Waals surface area (Å²) in [6.45, 7) is 10.8. The lowest BCUT2D eigenvalue weighted by atomic mass is 9.58. The maximum atomic E-state index is 15.7. The summed E-state index contributed by atoms with van der Waals surface area (Å²) in [6.07, 6.45) is -12.4. The van der Waals surface area contributed by atoms with Crippen molar-refractivity contribution in [2.45, 2.75) is 262 Å². The van der Waals surface area contributed by atoms with Crippen LogP contribution < -0.4 is 16.0 Å². The van der Waals surface area contributed by atoms with Crippen molar-refractivity contribution in [2.24, 2.45) is 52.8 Å². The number of alkyl halides is 8. The number of rotatable bonds is 11. The van der Waals surface area contributed by atoms with Crippen LogP contribution in [0.15, 0.2) is 12.2 Å². The van der Waals surface area contributed by atoms with Gasteiger partial charge in [-0.25, -0.2) is 8.78 Å². The van der Waals surface area contributed by atoms with Crippen LogP contribution in [0.5, 0.6) is 0 Å². The second-order valence-electron chi connectivity index (χ2n) is 33.8. The number of carbonyl (C=O) groups is 12. The van der Waals surface area contributed by atoms with Gasteiger partial charge in [-0.2, -0.15) is 26.3 Å². The normalized spacial score (nSPS) is 32.5. The molecule has 610 valence electrons. The van der Waals surface area contributed by atoms with E-state index in [1.54, 1.807) is 32.9 Å². The van der Waals surface area contributed by atoms with Crippen molar-refractivity contribution in [2.75, 3.05) is 82.6 Å². The molecule has 0 radical (unpaired) electrons. The molecule has 3 aliphatic heterocycles. The average Bonchev–Trinajstić information content (AvgIpc) is 0.969. The second-order valence-corrected chi connectivity index (χ2v) is 33.8. The van der Waals surface area contributed by atoms with Crippen molar-refractivity contribution >= 4 is 70.9 Å². The number of fused-ring (bicyclic) bond motifs is 3. The van der Waals surface area contributed by atoms with Crippen LogP contribution >= 0.6 is 0 Å². The molecule has 32 heteroatoms. The fourth-order valence-electron chi connectivity index (χ4n) is 17.9. The summed E-state index contributed by atoms with van der Waals surface area (Å²) in [5, 5.41) is 8.50. The molecule has 3 N–H and O–H groups in total. The number of carbonyl (C=O) groups excluding carboxylic acids is 12. The van der Waals surface area contributed by atoms with Gasteiger partial charge in [0.05, 0.1) is 25.4 Å². The van der Waals surface area contributed by atoms with E-state index in [1.807, 2.05) is 27.7 Å². The van der Waals surface area contributed by atoms with Gasteiger partial charge in [-0.1, -0.05) is 79.9 Å². The molecular weight excluding hydrogens is 1420 g/mol. The highest BCUT2D eigenvalue weighted by Crippen LogP contribution is 2.50. The molecule has 6 fully saturated rings. The molecule has 2 saturated heterocycles. The Bertz CT molecular complexity index is 3270. The smallest absolute Gasteiger partial charge is 0.347 e. The van der Waals surface area contributed by atoms with E-state index in [9.17, 15) is 55.1 Å². The van der Waals surface area contributed by atoms with Gasteiger partial charge in [-0.05, 0) is 150 Å². The van der Waals surface area contributed by atoms with Gasteiger partial charge in [-0.3, -0.25) is 57.5 Å². The minimum atomic E-state index is -5.21. The summed E-state index contributed by atoms with van der Waals surface area (Å²) in [6, 6.07) is -11.2. The summed E-state index contributed by atoms with van der Waals surface area (Å²) in [7, 11) is 10.9. The predicted octanol–water partition coefficient (Wildman–Crippen LogP) is 7.22. The highest BCUT2D eigenvalue weighted by atomic mass is 19.4. The Balaban J connectivity index is 1.33. The first-order valence-electron chi connectivity index (χ1n) is 38.6. The third kappa shape index (κ3) is 21.1. The molecular formula is C76H118F8N12O12. The largest absolute Gasteiger partial charge is 0.397 e. The van der Waals surface area contributed by atoms with Crippen LogP contribution in [0.3, 0.4) is 0 Å². The fraction of sp³-hybridized carbons (Fsp3) is 0.816. The number of amides is 12. The van der Waals surface area contributed by atoms with Crippen LogP contribution in [0.1, 0.15) is 183 Å². The molecule has 7 rings (SSSR count). The maximum Gasteiger partial charge on any atom is 0.397 e. The number of hydrogen-bond acceptors (Lipinski definition) is 12. The topological polar surface area (TPSA) is 270 Å². The van der Waals surface area contributed by atoms with Gasteiger partial charge in [-0.15, -0.1) is 0 Å². The fourth-order valence-corrected chi connectivity index (χ4v) is 17.9. The van der Waals surface area contributed by atoms with E-state index in [0.717, 1.165) is 19.6 Å². The maximum absolute atomic E-state index is 15.7. The minimum absolute atomic E-state index is 0.00132. The Hall–Kier alpha value is -7.18. The molecule has 2 unspecified atom stereocenters. The van der Waals surface area contributed by atoms with Gasteiger partial charge >= 0.3 is 12.4 Å². The number of halogens is 8. The Morgan fingerprint density at radius 3 is 1.80 bits per heavy atom. The number of hydrogen-bond donors (Lipinski definition) is 3. The Morgan fingerprint density at radius 2 is 1.24 bits per heavy atom. The van der Waals surface area contributed by atoms with E-state index in [-0.39, 0.29) is 96.1 Å². The van der Waals surface area contributed by atoms with E-state index in [4.69, 9.17) is 0 Å². The number of nitrogens with zero attached hydrogens (tertiary/aromatic N) is 9. The van der Waals surface area contributed by atoms with E-state index >= 15 is 37.5 Å². The van der Waals surface area contributed by atoms with Gasteiger partial charge in [0.25, 0.3) is 0 Å². The summed E-state index contributed by atoms with van der Waals surface area (Å²) < 4.78 is 115. The molecule has 24 nitrogen and oxygen atoms in total. The summed E-state index contributed by atoms with van der Waals surface area (Å²) in [5.41, 5.74) is -2.30. The molecule has 0 aromatic heterocycles. The standard InChI is InChI=1S/C76H118F8N12O12/c1-16-45(5)62-70(106)90(11)40-60(99)91(12)53-24-18-17-21-31-95(69(53)105)57(36-46-25-28-49(29-26-46)75(79,80)81)68(104)89(10)39-58(97)85-52(30-27-47-34-50(77)61(51(78)35-47)76(82,83)84)66(102)96-38-44(4)33-55(96)65(101)87-74(41-73(6,7)42-74)72(108)94(15)63(48-22-19-20-23-48)71(107)93(14)56(67(103)88(8)9)37-59(98)92(13)54(32-43(2)3)64(100)86-62/h17-18,43-57,61-63H,16,19-42H2,1-15H3,(H,85,97)(H,86,100)(H,87,101)/b18-17-/t44-,45-,46?,47?,49?,50?,51?,52-,53-,54-,55-,56-,57-,61?,62-,63-/m0/s1. The monoisotopic (exact) mass is 1540 g/mol. The zero-order valence-electron chi connectivity index (χ0n) is 65.7. The highest BCUT2D eigenvalue weighted by molar-refractivity contribution is 6.01. The first-order chi connectivity index (χ1) is 50.2. The van der Waals surface area contributed by atoms with Crippen LogP contribution in [0.2, 0.25) is 0 Å². The molecule has 2 bridgehead atoms. The van der Waals surface area contributed by atoms with Crippen molar-refractivity contribution < 1.29 is 92.7 Å². The molecule has 108 heavy (non-hydrogen) atoms. The molecule has 3 heterocycles. The molecule has 1 spiro atoms. The Kier molecular flexibility index (Phi) is 29.6. The van der Waals surface area contributed by atoms with Gasteiger partial charge in [0.2, 0.25) is 70.9 Å². The molecule has 12 atom stereocenters. The zero-order chi connectivity index (χ0) is 80.7. The number of likely N-dealkylation sites (N-methyl/N-ethyl adjacent to an activating group) is 7. The molecule has 4 aliphatic carbocycles. The third-order valence-electron chi connectivity index (χ3n) is 24.1. The first kappa shape index (κ1) is 88.0. The van der Waals surface area contributed by atoms with E-state index in [2.05, 4.69) is 16.0 Å². The van der Waals surface area contributed by atoms with Crippen molar-refractivity contribution in [3.63, 3.8) is 0 Å². The van der Waals surface area contributed by atoms with Crippen molar-refractivity contribution in [1.82, 2.24) is 60.0 Å². The second kappa shape index (κ2) is 36.3. The van der Waals surface area contributed by atoms with Crippen LogP contribution in [-0.2, 0) is 57.5 Å². The van der Waals surface area contributed by atoms with Crippen LogP contribution in [0, 0.1) is 52.8 Å². The number of nitrogens with one attached hydrogen (secondary N) is 3. The molecule has 4 saturated carbocycles. The minimum Gasteiger partial charge on any atom is -0.347 e. The summed E-state index contributed by atoms with van der Waals surface area (Å²) >= 11 is 0. The first-order valence-corrected chi connectivity index (χ1v) is 38.6. The molecule has 7 aliphatic rings. The predicted molar refractivity (Wildman–Crippen MR) is 384 cm³/mol. The lowest BCUT2D eigenvalue weighted by molar-refractivity contribution is -0.219. The van der Waals surface area contributed by atoms with Crippen molar-refractivity contribution in [1.29, 1.82) is 0 Å². The van der Waals surface area contributed by atoms with Gasteiger partial charge in [0.1, 0.15) is 72.1 Å². The lowest BCUT2D eigenvalue weighted by Gasteiger charge is -2.54. The SMILES string of the molecule is CC[C@H](C)[C@@H]1NC(=O)[C@H](CC(C)C)N(C)C(=O)C[C@@H](C(=O)N(C)C)N(C)C(=O)[C@H](C2CCCC2)N(C)C(=O)C2(CC(C)(C)C2)NC(=O)[C@@H]2C[C@H](C)CN2C(=O)[C@H](CCC2CC(F)C(C(F)(F)F)C(F)C2)NC(=O)CN(C)C(=O)[C@H](CC2CCC(C(F)(F)F)CC2)N2CC/C=C\C[C@@H](C2=O)N(C)C(=O)CN(C)C1=O. The van der Waals surface area contributed by atoms with E-state index in [0.29, 0.717) is 32.1 Å². The van der Waals surface area contributed by atoms with Gasteiger partial charge in [0.15, 0.2) is 0 Å². The van der Waals surface area contributed by atoms with Crippen LogP contribution in [0.25, 0.3) is 0 Å². The molecule has 12 amide bonds. The quantitative estimate of drug-likeness (QED) is 0.137. The Labute approximate surface area is 630 Å². The van der Waals surface area contributed by atoms with Gasteiger partial charge in [0, 0.05) is 69.5 Å². The molecule has 0 aromatic carbocycles. The van der Waals surface area contributed by atoms with Crippen molar-refractivity contribution in [3.05, 3.63) is 12.2 Å². The Morgan fingerprint density at radius 1 is 0.639 bits per heavy atom.